The third-order valence-corrected chi connectivity index (χ3v) is 2.79. The van der Waals surface area contributed by atoms with Crippen molar-refractivity contribution in [1.82, 2.24) is 9.88 Å². The quantitative estimate of drug-likeness (QED) is 0.833. The SMILES string of the molecule is CCN(CC)C(=O)Oc1ccc2ccccc2n1. The average molecular weight is 244 g/mol. The van der Waals surface area contributed by atoms with E-state index in [2.05, 4.69) is 4.98 Å². The number of pyridine rings is 1. The molecule has 0 fully saturated rings. The molecular weight excluding hydrogens is 228 g/mol. The van der Waals surface area contributed by atoms with Crippen LogP contribution in [0.15, 0.2) is 36.4 Å². The van der Waals surface area contributed by atoms with Crippen molar-refractivity contribution in [3.63, 3.8) is 0 Å². The van der Waals surface area contributed by atoms with Gasteiger partial charge in [-0.3, -0.25) is 0 Å². The van der Waals surface area contributed by atoms with E-state index in [-0.39, 0.29) is 6.09 Å². The molecule has 2 aromatic rings. The Morgan fingerprint density at radius 3 is 2.61 bits per heavy atom. The van der Waals surface area contributed by atoms with Crippen molar-refractivity contribution in [2.24, 2.45) is 0 Å². The third-order valence-electron chi connectivity index (χ3n) is 2.79. The van der Waals surface area contributed by atoms with E-state index in [1.807, 2.05) is 44.2 Å². The molecule has 1 amide bonds. The van der Waals surface area contributed by atoms with Crippen LogP contribution in [-0.2, 0) is 0 Å². The Bertz CT molecular complexity index is 550. The van der Waals surface area contributed by atoms with E-state index in [0.717, 1.165) is 10.9 Å². The number of carbonyl (C=O) groups is 1. The molecule has 0 radical (unpaired) electrons. The Kier molecular flexibility index (Phi) is 3.77. The van der Waals surface area contributed by atoms with Gasteiger partial charge in [0.05, 0.1) is 5.52 Å². The summed E-state index contributed by atoms with van der Waals surface area (Å²) in [5.41, 5.74) is 0.822. The van der Waals surface area contributed by atoms with Gasteiger partial charge >= 0.3 is 6.09 Å². The van der Waals surface area contributed by atoms with Crippen LogP contribution in [-0.4, -0.2) is 29.1 Å². The molecule has 0 aliphatic heterocycles. The van der Waals surface area contributed by atoms with Gasteiger partial charge in [0.25, 0.3) is 0 Å². The van der Waals surface area contributed by atoms with Crippen LogP contribution in [0.4, 0.5) is 4.79 Å². The Morgan fingerprint density at radius 1 is 1.17 bits per heavy atom. The second-order valence-electron chi connectivity index (χ2n) is 3.88. The molecule has 18 heavy (non-hydrogen) atoms. The topological polar surface area (TPSA) is 42.4 Å². The first-order chi connectivity index (χ1) is 8.74. The van der Waals surface area contributed by atoms with Crippen LogP contribution in [0.1, 0.15) is 13.8 Å². The lowest BCUT2D eigenvalue weighted by atomic mass is 10.2. The summed E-state index contributed by atoms with van der Waals surface area (Å²) >= 11 is 0. The second kappa shape index (κ2) is 5.49. The number of nitrogens with zero attached hydrogens (tertiary/aromatic N) is 2. The lowest BCUT2D eigenvalue weighted by Gasteiger charge is -2.17. The zero-order valence-electron chi connectivity index (χ0n) is 10.6. The molecule has 94 valence electrons. The largest absolute Gasteiger partial charge is 0.416 e. The minimum absolute atomic E-state index is 0.339. The van der Waals surface area contributed by atoms with Crippen LogP contribution >= 0.6 is 0 Å². The van der Waals surface area contributed by atoms with E-state index in [4.69, 9.17) is 4.74 Å². The molecule has 1 aromatic carbocycles. The first kappa shape index (κ1) is 12.4. The molecule has 0 saturated carbocycles. The molecule has 0 spiro atoms. The van der Waals surface area contributed by atoms with Crippen molar-refractivity contribution in [3.05, 3.63) is 36.4 Å². The zero-order valence-corrected chi connectivity index (χ0v) is 10.6. The number of hydrogen-bond acceptors (Lipinski definition) is 3. The summed E-state index contributed by atoms with van der Waals surface area (Å²) in [6, 6.07) is 11.3. The zero-order chi connectivity index (χ0) is 13.0. The normalized spacial score (nSPS) is 10.3. The van der Waals surface area contributed by atoms with E-state index in [1.54, 1.807) is 11.0 Å². The molecule has 4 heteroatoms. The monoisotopic (exact) mass is 244 g/mol. The summed E-state index contributed by atoms with van der Waals surface area (Å²) in [4.78, 5) is 17.7. The summed E-state index contributed by atoms with van der Waals surface area (Å²) in [6.07, 6.45) is -0.359. The van der Waals surface area contributed by atoms with Gasteiger partial charge in [-0.2, -0.15) is 0 Å². The molecule has 0 aliphatic carbocycles. The fraction of sp³-hybridized carbons (Fsp3) is 0.286. The lowest BCUT2D eigenvalue weighted by molar-refractivity contribution is 0.155. The van der Waals surface area contributed by atoms with Crippen LogP contribution in [0.5, 0.6) is 5.88 Å². The number of fused-ring (bicyclic) bond motifs is 1. The highest BCUT2D eigenvalue weighted by molar-refractivity contribution is 5.79. The van der Waals surface area contributed by atoms with E-state index >= 15 is 0 Å². The second-order valence-corrected chi connectivity index (χ2v) is 3.88. The van der Waals surface area contributed by atoms with Crippen molar-refractivity contribution in [3.8, 4) is 5.88 Å². The van der Waals surface area contributed by atoms with Crippen LogP contribution in [0, 0.1) is 0 Å². The summed E-state index contributed by atoms with van der Waals surface area (Å²) in [5, 5.41) is 1.03. The summed E-state index contributed by atoms with van der Waals surface area (Å²) in [7, 11) is 0. The number of amides is 1. The van der Waals surface area contributed by atoms with E-state index in [9.17, 15) is 4.79 Å². The highest BCUT2D eigenvalue weighted by Gasteiger charge is 2.12. The number of para-hydroxylation sites is 1. The van der Waals surface area contributed by atoms with E-state index in [1.165, 1.54) is 0 Å². The molecule has 0 aliphatic rings. The number of benzene rings is 1. The molecule has 0 saturated heterocycles. The van der Waals surface area contributed by atoms with Gasteiger partial charge in [0, 0.05) is 24.5 Å². The smallest absolute Gasteiger partial charge is 0.391 e. The molecule has 4 nitrogen and oxygen atoms in total. The maximum Gasteiger partial charge on any atom is 0.416 e. The maximum atomic E-state index is 11.8. The van der Waals surface area contributed by atoms with Crippen LogP contribution in [0.2, 0.25) is 0 Å². The van der Waals surface area contributed by atoms with Gasteiger partial charge in [0.1, 0.15) is 0 Å². The van der Waals surface area contributed by atoms with Crippen LogP contribution < -0.4 is 4.74 Å². The number of aromatic nitrogens is 1. The van der Waals surface area contributed by atoms with Gasteiger partial charge in [-0.25, -0.2) is 9.78 Å². The molecule has 1 heterocycles. The Hall–Kier alpha value is -2.10. The molecule has 0 unspecified atom stereocenters. The number of carbonyl (C=O) groups excluding carboxylic acids is 1. The number of ether oxygens (including phenoxy) is 1. The van der Waals surface area contributed by atoms with E-state index < -0.39 is 0 Å². The highest BCUT2D eigenvalue weighted by Crippen LogP contribution is 2.16. The molecule has 0 N–H and O–H groups in total. The summed E-state index contributed by atoms with van der Waals surface area (Å²) in [6.45, 7) is 5.09. The van der Waals surface area contributed by atoms with Crippen molar-refractivity contribution in [2.45, 2.75) is 13.8 Å². The maximum absolute atomic E-state index is 11.8. The first-order valence-corrected chi connectivity index (χ1v) is 6.07. The lowest BCUT2D eigenvalue weighted by Crippen LogP contribution is -2.33. The highest BCUT2D eigenvalue weighted by atomic mass is 16.6. The summed E-state index contributed by atoms with van der Waals surface area (Å²) < 4.78 is 5.24. The van der Waals surface area contributed by atoms with Gasteiger partial charge in [-0.15, -0.1) is 0 Å². The fourth-order valence-corrected chi connectivity index (χ4v) is 1.74. The van der Waals surface area contributed by atoms with Gasteiger partial charge in [-0.1, -0.05) is 18.2 Å². The Labute approximate surface area is 106 Å². The Morgan fingerprint density at radius 2 is 1.89 bits per heavy atom. The minimum atomic E-state index is -0.359. The van der Waals surface area contributed by atoms with Crippen LogP contribution in [0.3, 0.4) is 0 Å². The first-order valence-electron chi connectivity index (χ1n) is 6.07. The minimum Gasteiger partial charge on any atom is -0.391 e. The van der Waals surface area contributed by atoms with Crippen molar-refractivity contribution in [1.29, 1.82) is 0 Å². The summed E-state index contributed by atoms with van der Waals surface area (Å²) in [5.74, 6) is 0.339. The Balaban J connectivity index is 2.19. The molecular formula is C14H16N2O2. The van der Waals surface area contributed by atoms with Crippen molar-refractivity contribution >= 4 is 17.0 Å². The van der Waals surface area contributed by atoms with Gasteiger partial charge in [0.15, 0.2) is 0 Å². The molecule has 1 aromatic heterocycles. The molecule has 0 bridgehead atoms. The number of hydrogen-bond donors (Lipinski definition) is 0. The van der Waals surface area contributed by atoms with Gasteiger partial charge in [0.2, 0.25) is 5.88 Å². The van der Waals surface area contributed by atoms with Crippen molar-refractivity contribution in [2.75, 3.05) is 13.1 Å². The predicted molar refractivity (Wildman–Crippen MR) is 70.7 cm³/mol. The third kappa shape index (κ3) is 2.59. The predicted octanol–water partition coefficient (Wildman–Crippen LogP) is 3.08. The standard InChI is InChI=1S/C14H16N2O2/c1-3-16(4-2)14(17)18-13-10-9-11-7-5-6-8-12(11)15-13/h5-10H,3-4H2,1-2H3. The van der Waals surface area contributed by atoms with Crippen molar-refractivity contribution < 1.29 is 9.53 Å². The number of rotatable bonds is 3. The molecule has 2 rings (SSSR count). The fourth-order valence-electron chi connectivity index (χ4n) is 1.74. The molecule has 0 atom stereocenters. The van der Waals surface area contributed by atoms with Gasteiger partial charge in [-0.05, 0) is 26.0 Å². The average Bonchev–Trinajstić information content (AvgIpc) is 2.40. The van der Waals surface area contributed by atoms with Crippen LogP contribution in [0.25, 0.3) is 10.9 Å². The van der Waals surface area contributed by atoms with E-state index in [0.29, 0.717) is 19.0 Å². The van der Waals surface area contributed by atoms with Gasteiger partial charge < -0.3 is 9.64 Å².